The first kappa shape index (κ1) is 26.7. The van der Waals surface area contributed by atoms with Crippen molar-refractivity contribution in [1.29, 1.82) is 0 Å². The van der Waals surface area contributed by atoms with Crippen LogP contribution in [0.5, 0.6) is 0 Å². The van der Waals surface area contributed by atoms with Crippen molar-refractivity contribution in [3.05, 3.63) is 121 Å². The molecule has 12 rings (SSSR count). The molecule has 3 aromatic heterocycles. The van der Waals surface area contributed by atoms with Gasteiger partial charge in [0.2, 0.25) is 0 Å². The lowest BCUT2D eigenvalue weighted by atomic mass is 9.49. The largest absolute Gasteiger partial charge is 0.456 e. The van der Waals surface area contributed by atoms with Gasteiger partial charge in [0.25, 0.3) is 0 Å². The molecule has 4 aliphatic rings. The van der Waals surface area contributed by atoms with Gasteiger partial charge in [-0.15, -0.1) is 0 Å². The molecular formula is C43H34N4O. The number of para-hydroxylation sites is 2. The quantitative estimate of drug-likeness (QED) is 0.196. The highest BCUT2D eigenvalue weighted by Gasteiger charge is 2.53. The van der Waals surface area contributed by atoms with E-state index in [-0.39, 0.29) is 5.41 Å². The van der Waals surface area contributed by atoms with Gasteiger partial charge in [-0.2, -0.15) is 0 Å². The molecule has 48 heavy (non-hydrogen) atoms. The number of nitrogens with zero attached hydrogens (tertiary/aromatic N) is 4. The van der Waals surface area contributed by atoms with Gasteiger partial charge in [0.05, 0.1) is 16.4 Å². The van der Waals surface area contributed by atoms with Crippen molar-refractivity contribution in [3.8, 4) is 28.5 Å². The summed E-state index contributed by atoms with van der Waals surface area (Å²) in [5, 5.41) is 4.70. The highest BCUT2D eigenvalue weighted by molar-refractivity contribution is 6.24. The summed E-state index contributed by atoms with van der Waals surface area (Å²) in [5.74, 6) is 4.99. The van der Waals surface area contributed by atoms with Crippen molar-refractivity contribution in [2.45, 2.75) is 43.9 Å². The Hall–Kier alpha value is -5.29. The molecule has 0 spiro atoms. The Labute approximate surface area is 278 Å². The van der Waals surface area contributed by atoms with Gasteiger partial charge < -0.3 is 8.98 Å². The molecule has 4 bridgehead atoms. The summed E-state index contributed by atoms with van der Waals surface area (Å²) in [6, 6.07) is 40.6. The van der Waals surface area contributed by atoms with Crippen LogP contribution in [0.15, 0.2) is 120 Å². The molecule has 0 amide bonds. The minimum Gasteiger partial charge on any atom is -0.456 e. The summed E-state index contributed by atoms with van der Waals surface area (Å²) < 4.78 is 8.77. The molecule has 3 heterocycles. The Bertz CT molecular complexity index is 2520. The maximum absolute atomic E-state index is 6.37. The lowest BCUT2D eigenvalue weighted by Crippen LogP contribution is -2.49. The summed E-state index contributed by atoms with van der Waals surface area (Å²) in [6.07, 6.45) is 7.82. The van der Waals surface area contributed by atoms with Crippen LogP contribution in [0, 0.1) is 17.8 Å². The monoisotopic (exact) mass is 622 g/mol. The lowest BCUT2D eigenvalue weighted by Gasteiger charge is -2.56. The minimum absolute atomic E-state index is 0.0638. The van der Waals surface area contributed by atoms with Crippen molar-refractivity contribution >= 4 is 43.7 Å². The number of aromatic nitrogens is 4. The maximum Gasteiger partial charge on any atom is 0.163 e. The Morgan fingerprint density at radius 3 is 2.02 bits per heavy atom. The van der Waals surface area contributed by atoms with E-state index in [1.54, 1.807) is 0 Å². The van der Waals surface area contributed by atoms with Gasteiger partial charge in [0, 0.05) is 38.4 Å². The highest BCUT2D eigenvalue weighted by atomic mass is 16.3. The predicted octanol–water partition coefficient (Wildman–Crippen LogP) is 10.7. The minimum atomic E-state index is 0.0638. The van der Waals surface area contributed by atoms with Gasteiger partial charge in [-0.25, -0.2) is 15.0 Å². The fraction of sp³-hybridized carbons (Fsp3) is 0.233. The van der Waals surface area contributed by atoms with Crippen LogP contribution in [0.1, 0.15) is 44.3 Å². The molecule has 0 unspecified atom stereocenters. The second kappa shape index (κ2) is 9.86. The molecule has 5 nitrogen and oxygen atoms in total. The molecule has 0 aliphatic heterocycles. The molecule has 0 atom stereocenters. The number of hydrogen-bond acceptors (Lipinski definition) is 4. The summed E-state index contributed by atoms with van der Waals surface area (Å²) in [4.78, 5) is 15.9. The van der Waals surface area contributed by atoms with E-state index in [1.165, 1.54) is 49.3 Å². The average Bonchev–Trinajstić information content (AvgIpc) is 3.67. The van der Waals surface area contributed by atoms with Crippen LogP contribution in [-0.2, 0) is 5.41 Å². The van der Waals surface area contributed by atoms with Gasteiger partial charge in [-0.05, 0) is 92.7 Å². The zero-order chi connectivity index (χ0) is 31.4. The number of furan rings is 1. The van der Waals surface area contributed by atoms with Gasteiger partial charge in [-0.3, -0.25) is 0 Å². The highest BCUT2D eigenvalue weighted by Crippen LogP contribution is 2.60. The van der Waals surface area contributed by atoms with E-state index in [0.717, 1.165) is 85.0 Å². The summed E-state index contributed by atoms with van der Waals surface area (Å²) in [7, 11) is 0. The normalized spacial score (nSPS) is 23.2. The third-order valence-corrected chi connectivity index (χ3v) is 11.7. The summed E-state index contributed by atoms with van der Waals surface area (Å²) in [6.45, 7) is 0. The number of fused-ring (bicyclic) bond motifs is 7. The second-order valence-electron chi connectivity index (χ2n) is 14.7. The lowest BCUT2D eigenvalue weighted by molar-refractivity contribution is -0.00938. The van der Waals surface area contributed by atoms with E-state index in [2.05, 4.69) is 114 Å². The molecule has 0 saturated heterocycles. The van der Waals surface area contributed by atoms with Crippen LogP contribution in [0.3, 0.4) is 0 Å². The molecule has 5 aromatic carbocycles. The zero-order valence-corrected chi connectivity index (χ0v) is 26.6. The first-order valence-corrected chi connectivity index (χ1v) is 17.5. The molecule has 5 heteroatoms. The standard InChI is InChI=1S/C43H34N4O/c1-2-9-29(10-3-1)40-44-41(46-42(45-40)43-23-26-19-27(24-43)21-28(20-26)25-43)30-11-8-12-31(22-30)47-35-15-6-4-13-32(35)33-17-18-37-38(39(33)47)34-14-5-7-16-36(34)48-37/h1-18,22,26-28H,19-21,23-25H2. The Kier molecular flexibility index (Phi) is 5.50. The van der Waals surface area contributed by atoms with Gasteiger partial charge in [-0.1, -0.05) is 78.9 Å². The third kappa shape index (κ3) is 3.88. The third-order valence-electron chi connectivity index (χ3n) is 11.7. The van der Waals surface area contributed by atoms with E-state index in [0.29, 0.717) is 0 Å². The molecule has 4 aliphatic carbocycles. The van der Waals surface area contributed by atoms with Crippen molar-refractivity contribution in [3.63, 3.8) is 0 Å². The summed E-state index contributed by atoms with van der Waals surface area (Å²) in [5.41, 5.74) is 7.31. The first-order chi connectivity index (χ1) is 23.7. The van der Waals surface area contributed by atoms with E-state index in [1.807, 2.05) is 6.07 Å². The number of benzene rings is 5. The van der Waals surface area contributed by atoms with Crippen LogP contribution in [-0.4, -0.2) is 19.5 Å². The van der Waals surface area contributed by atoms with Crippen molar-refractivity contribution in [1.82, 2.24) is 19.5 Å². The van der Waals surface area contributed by atoms with Crippen LogP contribution in [0.25, 0.3) is 72.2 Å². The molecule has 8 aromatic rings. The SMILES string of the molecule is c1ccc(-c2nc(-c3cccc(-n4c5ccccc5c5ccc6oc7ccccc7c6c54)c3)nc(C34CC5CC(CC(C5)C3)C4)n2)cc1. The van der Waals surface area contributed by atoms with Gasteiger partial charge >= 0.3 is 0 Å². The second-order valence-corrected chi connectivity index (χ2v) is 14.7. The average molecular weight is 623 g/mol. The van der Waals surface area contributed by atoms with Crippen molar-refractivity contribution < 1.29 is 4.42 Å². The molecule has 232 valence electrons. The van der Waals surface area contributed by atoms with Crippen LogP contribution in [0.4, 0.5) is 0 Å². The van der Waals surface area contributed by atoms with Crippen LogP contribution < -0.4 is 0 Å². The van der Waals surface area contributed by atoms with E-state index < -0.39 is 0 Å². The van der Waals surface area contributed by atoms with E-state index in [4.69, 9.17) is 19.4 Å². The maximum atomic E-state index is 6.37. The Morgan fingerprint density at radius 2 is 1.23 bits per heavy atom. The van der Waals surface area contributed by atoms with Crippen molar-refractivity contribution in [2.24, 2.45) is 17.8 Å². The van der Waals surface area contributed by atoms with Gasteiger partial charge in [0.15, 0.2) is 11.6 Å². The first-order valence-electron chi connectivity index (χ1n) is 17.5. The molecule has 4 saturated carbocycles. The fourth-order valence-corrected chi connectivity index (χ4v) is 10.2. The molecular weight excluding hydrogens is 589 g/mol. The Balaban J connectivity index is 1.14. The van der Waals surface area contributed by atoms with Crippen molar-refractivity contribution in [2.75, 3.05) is 0 Å². The van der Waals surface area contributed by atoms with E-state index >= 15 is 0 Å². The molecule has 0 radical (unpaired) electrons. The van der Waals surface area contributed by atoms with Crippen LogP contribution >= 0.6 is 0 Å². The number of hydrogen-bond donors (Lipinski definition) is 0. The summed E-state index contributed by atoms with van der Waals surface area (Å²) >= 11 is 0. The number of rotatable bonds is 4. The molecule has 0 N–H and O–H groups in total. The smallest absolute Gasteiger partial charge is 0.163 e. The van der Waals surface area contributed by atoms with E-state index in [9.17, 15) is 0 Å². The topological polar surface area (TPSA) is 56.7 Å². The zero-order valence-electron chi connectivity index (χ0n) is 26.6. The Morgan fingerprint density at radius 1 is 0.562 bits per heavy atom. The fourth-order valence-electron chi connectivity index (χ4n) is 10.2. The predicted molar refractivity (Wildman–Crippen MR) is 192 cm³/mol. The molecule has 4 fully saturated rings. The van der Waals surface area contributed by atoms with Gasteiger partial charge in [0.1, 0.15) is 17.0 Å². The van der Waals surface area contributed by atoms with Crippen LogP contribution in [0.2, 0.25) is 0 Å².